The SMILES string of the molecule is CCOc1ccc(NC(=O)CSc2nnc(COc3ccccc3)n2-c2ccc(OC)cc2)cc1. The summed E-state index contributed by atoms with van der Waals surface area (Å²) in [7, 11) is 1.62. The summed E-state index contributed by atoms with van der Waals surface area (Å²) in [6.07, 6.45) is 0. The van der Waals surface area contributed by atoms with Crippen LogP contribution in [0.3, 0.4) is 0 Å². The van der Waals surface area contributed by atoms with Gasteiger partial charge in [0.1, 0.15) is 23.9 Å². The van der Waals surface area contributed by atoms with Crippen LogP contribution in [-0.4, -0.2) is 40.1 Å². The Morgan fingerprint density at radius 2 is 1.57 bits per heavy atom. The van der Waals surface area contributed by atoms with Crippen molar-refractivity contribution in [1.82, 2.24) is 14.8 Å². The molecule has 0 saturated carbocycles. The molecule has 0 radical (unpaired) electrons. The van der Waals surface area contributed by atoms with E-state index in [0.29, 0.717) is 23.3 Å². The number of carbonyl (C=O) groups is 1. The van der Waals surface area contributed by atoms with Gasteiger partial charge in [0.25, 0.3) is 0 Å². The van der Waals surface area contributed by atoms with Crippen molar-refractivity contribution in [2.24, 2.45) is 0 Å². The molecule has 0 aliphatic carbocycles. The average Bonchev–Trinajstić information content (AvgIpc) is 3.31. The van der Waals surface area contributed by atoms with Gasteiger partial charge in [0.2, 0.25) is 5.91 Å². The lowest BCUT2D eigenvalue weighted by molar-refractivity contribution is -0.113. The Bertz CT molecular complexity index is 1230. The Morgan fingerprint density at radius 3 is 2.26 bits per heavy atom. The van der Waals surface area contributed by atoms with Gasteiger partial charge in [-0.1, -0.05) is 30.0 Å². The number of hydrogen-bond donors (Lipinski definition) is 1. The lowest BCUT2D eigenvalue weighted by atomic mass is 10.3. The highest BCUT2D eigenvalue weighted by molar-refractivity contribution is 7.99. The number of nitrogens with zero attached hydrogens (tertiary/aromatic N) is 3. The van der Waals surface area contributed by atoms with Crippen molar-refractivity contribution in [3.63, 3.8) is 0 Å². The van der Waals surface area contributed by atoms with Crippen LogP contribution in [0.5, 0.6) is 17.2 Å². The zero-order valence-corrected chi connectivity index (χ0v) is 20.3. The van der Waals surface area contributed by atoms with E-state index in [0.717, 1.165) is 22.9 Å². The molecule has 180 valence electrons. The smallest absolute Gasteiger partial charge is 0.234 e. The summed E-state index contributed by atoms with van der Waals surface area (Å²) in [6.45, 7) is 2.74. The molecule has 35 heavy (non-hydrogen) atoms. The second-order valence-electron chi connectivity index (χ2n) is 7.33. The molecule has 0 bridgehead atoms. The fourth-order valence-electron chi connectivity index (χ4n) is 3.27. The van der Waals surface area contributed by atoms with Gasteiger partial charge in [-0.05, 0) is 67.6 Å². The van der Waals surface area contributed by atoms with Crippen LogP contribution in [0.2, 0.25) is 0 Å². The van der Waals surface area contributed by atoms with Gasteiger partial charge >= 0.3 is 0 Å². The number of methoxy groups -OCH3 is 1. The van der Waals surface area contributed by atoms with Crippen LogP contribution in [0.4, 0.5) is 5.69 Å². The van der Waals surface area contributed by atoms with E-state index in [-0.39, 0.29) is 18.3 Å². The van der Waals surface area contributed by atoms with Gasteiger partial charge in [-0.2, -0.15) is 0 Å². The minimum atomic E-state index is -0.148. The highest BCUT2D eigenvalue weighted by Gasteiger charge is 2.17. The Kier molecular flexibility index (Phi) is 8.24. The highest BCUT2D eigenvalue weighted by atomic mass is 32.2. The molecule has 4 aromatic rings. The molecule has 4 rings (SSSR count). The third-order valence-electron chi connectivity index (χ3n) is 4.92. The Morgan fingerprint density at radius 1 is 0.886 bits per heavy atom. The van der Waals surface area contributed by atoms with Crippen LogP contribution >= 0.6 is 11.8 Å². The third kappa shape index (κ3) is 6.54. The van der Waals surface area contributed by atoms with Crippen molar-refractivity contribution in [3.8, 4) is 22.9 Å². The summed E-state index contributed by atoms with van der Waals surface area (Å²) in [5.74, 6) is 2.88. The molecule has 1 N–H and O–H groups in total. The van der Waals surface area contributed by atoms with E-state index >= 15 is 0 Å². The average molecular weight is 491 g/mol. The lowest BCUT2D eigenvalue weighted by Crippen LogP contribution is -2.14. The number of benzene rings is 3. The fourth-order valence-corrected chi connectivity index (χ4v) is 4.04. The topological polar surface area (TPSA) is 87.5 Å². The number of para-hydroxylation sites is 1. The quantitative estimate of drug-likeness (QED) is 0.297. The van der Waals surface area contributed by atoms with E-state index in [2.05, 4.69) is 15.5 Å². The standard InChI is InChI=1S/C26H26N4O4S/c1-3-33-23-13-9-19(10-14-23)27-25(31)18-35-26-29-28-24(17-34-22-7-5-4-6-8-22)30(26)20-11-15-21(32-2)16-12-20/h4-16H,3,17-18H2,1-2H3,(H,27,31). The molecule has 0 saturated heterocycles. The molecule has 0 spiro atoms. The van der Waals surface area contributed by atoms with Crippen molar-refractivity contribution in [3.05, 3.63) is 84.7 Å². The molecular formula is C26H26N4O4S. The molecule has 1 heterocycles. The van der Waals surface area contributed by atoms with E-state index in [1.165, 1.54) is 11.8 Å². The first-order valence-corrected chi connectivity index (χ1v) is 12.1. The third-order valence-corrected chi connectivity index (χ3v) is 5.85. The number of thioether (sulfide) groups is 1. The molecule has 1 aromatic heterocycles. The monoisotopic (exact) mass is 490 g/mol. The van der Waals surface area contributed by atoms with E-state index in [1.807, 2.05) is 90.4 Å². The largest absolute Gasteiger partial charge is 0.497 e. The molecule has 8 nitrogen and oxygen atoms in total. The van der Waals surface area contributed by atoms with Crippen LogP contribution in [0.15, 0.2) is 84.0 Å². The van der Waals surface area contributed by atoms with Crippen LogP contribution < -0.4 is 19.5 Å². The van der Waals surface area contributed by atoms with Gasteiger partial charge in [-0.25, -0.2) is 0 Å². The number of anilines is 1. The first-order chi connectivity index (χ1) is 17.2. The molecule has 0 aliphatic rings. The fraction of sp³-hybridized carbons (Fsp3) is 0.192. The zero-order valence-electron chi connectivity index (χ0n) is 19.5. The molecular weight excluding hydrogens is 464 g/mol. The number of carbonyl (C=O) groups excluding carboxylic acids is 1. The maximum Gasteiger partial charge on any atom is 0.234 e. The predicted molar refractivity (Wildman–Crippen MR) is 136 cm³/mol. The molecule has 0 unspecified atom stereocenters. The summed E-state index contributed by atoms with van der Waals surface area (Å²) in [4.78, 5) is 12.6. The van der Waals surface area contributed by atoms with Crippen molar-refractivity contribution >= 4 is 23.4 Å². The Labute approximate surface area is 208 Å². The van der Waals surface area contributed by atoms with Gasteiger partial charge < -0.3 is 19.5 Å². The number of nitrogens with one attached hydrogen (secondary N) is 1. The predicted octanol–water partition coefficient (Wildman–Crippen LogP) is 4.98. The van der Waals surface area contributed by atoms with E-state index in [4.69, 9.17) is 14.2 Å². The van der Waals surface area contributed by atoms with Gasteiger partial charge in [-0.15, -0.1) is 10.2 Å². The van der Waals surface area contributed by atoms with Crippen LogP contribution in [0.25, 0.3) is 5.69 Å². The number of rotatable bonds is 11. The lowest BCUT2D eigenvalue weighted by Gasteiger charge is -2.12. The second-order valence-corrected chi connectivity index (χ2v) is 8.27. The van der Waals surface area contributed by atoms with Crippen molar-refractivity contribution in [2.75, 3.05) is 24.8 Å². The summed E-state index contributed by atoms with van der Waals surface area (Å²) in [5, 5.41) is 12.1. The highest BCUT2D eigenvalue weighted by Crippen LogP contribution is 2.25. The summed E-state index contributed by atoms with van der Waals surface area (Å²) < 4.78 is 18.5. The van der Waals surface area contributed by atoms with Gasteiger partial charge in [0.05, 0.1) is 19.5 Å². The molecule has 0 fully saturated rings. The minimum Gasteiger partial charge on any atom is -0.497 e. The van der Waals surface area contributed by atoms with E-state index < -0.39 is 0 Å². The molecule has 0 atom stereocenters. The normalized spacial score (nSPS) is 10.6. The molecule has 3 aromatic carbocycles. The first-order valence-electron chi connectivity index (χ1n) is 11.1. The van der Waals surface area contributed by atoms with Gasteiger partial charge in [0, 0.05) is 11.4 Å². The maximum absolute atomic E-state index is 12.6. The molecule has 9 heteroatoms. The van der Waals surface area contributed by atoms with Crippen molar-refractivity contribution < 1.29 is 19.0 Å². The number of hydrogen-bond acceptors (Lipinski definition) is 7. The number of ether oxygens (including phenoxy) is 3. The Balaban J connectivity index is 1.47. The number of amides is 1. The zero-order chi connectivity index (χ0) is 24.5. The summed E-state index contributed by atoms with van der Waals surface area (Å²) >= 11 is 1.30. The van der Waals surface area contributed by atoms with Crippen LogP contribution in [-0.2, 0) is 11.4 Å². The number of aromatic nitrogens is 3. The Hall–Kier alpha value is -3.98. The van der Waals surface area contributed by atoms with E-state index in [9.17, 15) is 4.79 Å². The van der Waals surface area contributed by atoms with Gasteiger partial charge in [-0.3, -0.25) is 9.36 Å². The first kappa shape index (κ1) is 24.2. The van der Waals surface area contributed by atoms with E-state index in [1.54, 1.807) is 7.11 Å². The maximum atomic E-state index is 12.6. The molecule has 0 aliphatic heterocycles. The van der Waals surface area contributed by atoms with Gasteiger partial charge in [0.15, 0.2) is 11.0 Å². The minimum absolute atomic E-state index is 0.148. The van der Waals surface area contributed by atoms with Crippen LogP contribution in [0.1, 0.15) is 12.7 Å². The van der Waals surface area contributed by atoms with Crippen molar-refractivity contribution in [2.45, 2.75) is 18.7 Å². The summed E-state index contributed by atoms with van der Waals surface area (Å²) in [5.41, 5.74) is 1.55. The second kappa shape index (κ2) is 11.9. The summed E-state index contributed by atoms with van der Waals surface area (Å²) in [6, 6.07) is 24.4. The van der Waals surface area contributed by atoms with Crippen molar-refractivity contribution in [1.29, 1.82) is 0 Å². The van der Waals surface area contributed by atoms with Crippen LogP contribution in [0, 0.1) is 0 Å². The molecule has 1 amide bonds.